The molecular formula is C25H38N2O4S. The highest BCUT2D eigenvalue weighted by Crippen LogP contribution is 2.62. The SMILES string of the molecule is Cc1cc(C(=O)N[C@H]2C(C)(C)[C@@H]3CC[C@@]2(C)C3)cc(S(=O)(=O)N2CC(C)OC(C)C2)c1C. The molecule has 2 saturated carbocycles. The maximum atomic E-state index is 13.6. The standard InChI is InChI=1S/C25H38N2O4S/c1-15-10-19(22(28)26-23-24(5,6)20-8-9-25(23,7)12-20)11-21(18(15)4)32(29,30)27-13-16(2)31-17(3)14-27/h10-11,16-17,20,23H,8-9,12-14H2,1-7H3,(H,26,28)/t16?,17?,20-,23+,25+/m1/s1. The van der Waals surface area contributed by atoms with E-state index >= 15 is 0 Å². The van der Waals surface area contributed by atoms with E-state index in [4.69, 9.17) is 4.74 Å². The fourth-order valence-electron chi connectivity index (χ4n) is 6.57. The molecule has 1 aliphatic heterocycles. The van der Waals surface area contributed by atoms with Gasteiger partial charge in [0.25, 0.3) is 5.91 Å². The molecule has 3 aliphatic rings. The minimum Gasteiger partial charge on any atom is -0.373 e. The van der Waals surface area contributed by atoms with Crippen LogP contribution in [0, 0.1) is 30.6 Å². The molecule has 1 N–H and O–H groups in total. The van der Waals surface area contributed by atoms with Crippen molar-refractivity contribution in [2.24, 2.45) is 16.7 Å². The quantitative estimate of drug-likeness (QED) is 0.733. The van der Waals surface area contributed by atoms with Gasteiger partial charge in [0.05, 0.1) is 17.1 Å². The molecule has 1 aromatic carbocycles. The maximum Gasteiger partial charge on any atom is 0.251 e. The van der Waals surface area contributed by atoms with Gasteiger partial charge >= 0.3 is 0 Å². The molecule has 2 unspecified atom stereocenters. The van der Waals surface area contributed by atoms with Gasteiger partial charge in [0.1, 0.15) is 0 Å². The lowest BCUT2D eigenvalue weighted by Gasteiger charge is -2.43. The van der Waals surface area contributed by atoms with Gasteiger partial charge in [-0.3, -0.25) is 4.79 Å². The average molecular weight is 463 g/mol. The van der Waals surface area contributed by atoms with Gasteiger partial charge in [-0.2, -0.15) is 4.31 Å². The Morgan fingerprint density at radius 1 is 1.12 bits per heavy atom. The summed E-state index contributed by atoms with van der Waals surface area (Å²) >= 11 is 0. The molecule has 1 amide bonds. The Labute approximate surface area is 193 Å². The number of benzene rings is 1. The van der Waals surface area contributed by atoms with Gasteiger partial charge in [-0.15, -0.1) is 0 Å². The van der Waals surface area contributed by atoms with E-state index in [2.05, 4.69) is 26.1 Å². The molecule has 32 heavy (non-hydrogen) atoms. The molecule has 1 aromatic rings. The van der Waals surface area contributed by atoms with Crippen LogP contribution in [0.25, 0.3) is 0 Å². The van der Waals surface area contributed by atoms with Crippen molar-refractivity contribution in [1.82, 2.24) is 9.62 Å². The van der Waals surface area contributed by atoms with Crippen molar-refractivity contribution in [3.05, 3.63) is 28.8 Å². The summed E-state index contributed by atoms with van der Waals surface area (Å²) in [5, 5.41) is 3.31. The Bertz CT molecular complexity index is 1020. The summed E-state index contributed by atoms with van der Waals surface area (Å²) in [6.07, 6.45) is 3.17. The monoisotopic (exact) mass is 462 g/mol. The minimum absolute atomic E-state index is 0.0391. The summed E-state index contributed by atoms with van der Waals surface area (Å²) in [5.74, 6) is 0.443. The molecule has 0 spiro atoms. The summed E-state index contributed by atoms with van der Waals surface area (Å²) in [6.45, 7) is 14.9. The van der Waals surface area contributed by atoms with Crippen molar-refractivity contribution >= 4 is 15.9 Å². The van der Waals surface area contributed by atoms with Crippen LogP contribution < -0.4 is 5.32 Å². The van der Waals surface area contributed by atoms with E-state index in [0.29, 0.717) is 30.1 Å². The van der Waals surface area contributed by atoms with E-state index in [1.165, 1.54) is 10.7 Å². The third kappa shape index (κ3) is 3.80. The molecule has 0 aromatic heterocycles. The number of hydrogen-bond donors (Lipinski definition) is 1. The number of aryl methyl sites for hydroxylation is 1. The van der Waals surface area contributed by atoms with Crippen molar-refractivity contribution in [2.75, 3.05) is 13.1 Å². The number of fused-ring (bicyclic) bond motifs is 2. The number of ether oxygens (including phenoxy) is 1. The van der Waals surface area contributed by atoms with E-state index in [0.717, 1.165) is 18.4 Å². The zero-order valence-electron chi connectivity index (χ0n) is 20.5. The first kappa shape index (κ1) is 23.7. The minimum atomic E-state index is -3.73. The third-order valence-corrected chi connectivity index (χ3v) is 10.4. The highest BCUT2D eigenvalue weighted by molar-refractivity contribution is 7.89. The second kappa shape index (κ2) is 7.81. The van der Waals surface area contributed by atoms with Gasteiger partial charge in [-0.1, -0.05) is 20.8 Å². The molecule has 1 heterocycles. The van der Waals surface area contributed by atoms with Gasteiger partial charge < -0.3 is 10.1 Å². The van der Waals surface area contributed by atoms with Crippen LogP contribution in [0.15, 0.2) is 17.0 Å². The second-order valence-corrected chi connectivity index (χ2v) is 13.2. The molecule has 6 nitrogen and oxygen atoms in total. The normalized spacial score (nSPS) is 34.6. The van der Waals surface area contributed by atoms with Crippen LogP contribution in [-0.4, -0.2) is 50.0 Å². The van der Waals surface area contributed by atoms with Crippen LogP contribution in [0.2, 0.25) is 0 Å². The van der Waals surface area contributed by atoms with Crippen molar-refractivity contribution in [2.45, 2.75) is 90.9 Å². The number of nitrogens with one attached hydrogen (secondary N) is 1. The first-order valence-corrected chi connectivity index (χ1v) is 13.3. The number of rotatable bonds is 4. The molecule has 7 heteroatoms. The molecule has 5 atom stereocenters. The number of morpholine rings is 1. The predicted octanol–water partition coefficient (Wildman–Crippen LogP) is 4.05. The largest absolute Gasteiger partial charge is 0.373 e. The van der Waals surface area contributed by atoms with E-state index in [-0.39, 0.29) is 39.9 Å². The van der Waals surface area contributed by atoms with Crippen molar-refractivity contribution < 1.29 is 17.9 Å². The molecule has 2 bridgehead atoms. The van der Waals surface area contributed by atoms with Crippen LogP contribution in [-0.2, 0) is 14.8 Å². The van der Waals surface area contributed by atoms with E-state index in [1.54, 1.807) is 6.07 Å². The van der Waals surface area contributed by atoms with Crippen LogP contribution in [0.1, 0.15) is 75.4 Å². The molecule has 3 fully saturated rings. The molecule has 2 aliphatic carbocycles. The van der Waals surface area contributed by atoms with Crippen molar-refractivity contribution in [1.29, 1.82) is 0 Å². The first-order valence-electron chi connectivity index (χ1n) is 11.8. The number of carbonyl (C=O) groups excluding carboxylic acids is 1. The Hall–Kier alpha value is -1.44. The highest BCUT2D eigenvalue weighted by atomic mass is 32.2. The average Bonchev–Trinajstić information content (AvgIpc) is 3.17. The maximum absolute atomic E-state index is 13.6. The lowest BCUT2D eigenvalue weighted by Crippen LogP contribution is -2.52. The Balaban J connectivity index is 1.65. The highest BCUT2D eigenvalue weighted by Gasteiger charge is 2.59. The number of amides is 1. The van der Waals surface area contributed by atoms with Crippen LogP contribution in [0.4, 0.5) is 0 Å². The van der Waals surface area contributed by atoms with Gasteiger partial charge in [-0.05, 0) is 87.0 Å². The zero-order chi connectivity index (χ0) is 23.6. The summed E-state index contributed by atoms with van der Waals surface area (Å²) < 4.78 is 34.4. The van der Waals surface area contributed by atoms with Gasteiger partial charge in [0, 0.05) is 24.7 Å². The molecular weight excluding hydrogens is 424 g/mol. The summed E-state index contributed by atoms with van der Waals surface area (Å²) in [5.41, 5.74) is 2.07. The fraction of sp³-hybridized carbons (Fsp3) is 0.720. The summed E-state index contributed by atoms with van der Waals surface area (Å²) in [4.78, 5) is 13.6. The first-order chi connectivity index (χ1) is 14.8. The summed E-state index contributed by atoms with van der Waals surface area (Å²) in [7, 11) is -3.73. The van der Waals surface area contributed by atoms with Crippen molar-refractivity contribution in [3.63, 3.8) is 0 Å². The van der Waals surface area contributed by atoms with Crippen LogP contribution in [0.3, 0.4) is 0 Å². The van der Waals surface area contributed by atoms with E-state index in [9.17, 15) is 13.2 Å². The second-order valence-electron chi connectivity index (χ2n) is 11.3. The number of nitrogens with zero attached hydrogens (tertiary/aromatic N) is 1. The van der Waals surface area contributed by atoms with Crippen LogP contribution >= 0.6 is 0 Å². The summed E-state index contributed by atoms with van der Waals surface area (Å²) in [6, 6.07) is 3.47. The number of sulfonamides is 1. The van der Waals surface area contributed by atoms with Gasteiger partial charge in [0.15, 0.2) is 0 Å². The lowest BCUT2D eigenvalue weighted by molar-refractivity contribution is -0.0441. The smallest absolute Gasteiger partial charge is 0.251 e. The zero-order valence-corrected chi connectivity index (χ0v) is 21.3. The molecule has 178 valence electrons. The molecule has 0 radical (unpaired) electrons. The Morgan fingerprint density at radius 3 is 2.31 bits per heavy atom. The number of carbonyl (C=O) groups is 1. The van der Waals surface area contributed by atoms with Gasteiger partial charge in [-0.25, -0.2) is 8.42 Å². The Kier molecular flexibility index (Phi) is 5.79. The predicted molar refractivity (Wildman–Crippen MR) is 125 cm³/mol. The lowest BCUT2D eigenvalue weighted by atomic mass is 9.68. The number of hydrogen-bond acceptors (Lipinski definition) is 4. The third-order valence-electron chi connectivity index (χ3n) is 8.43. The molecule has 1 saturated heterocycles. The van der Waals surface area contributed by atoms with Crippen LogP contribution in [0.5, 0.6) is 0 Å². The van der Waals surface area contributed by atoms with E-state index < -0.39 is 10.0 Å². The Morgan fingerprint density at radius 2 is 1.75 bits per heavy atom. The van der Waals surface area contributed by atoms with E-state index in [1.807, 2.05) is 33.8 Å². The fourth-order valence-corrected chi connectivity index (χ4v) is 8.48. The van der Waals surface area contributed by atoms with Crippen molar-refractivity contribution in [3.8, 4) is 0 Å². The van der Waals surface area contributed by atoms with Gasteiger partial charge in [0.2, 0.25) is 10.0 Å². The molecule has 4 rings (SSSR count). The topological polar surface area (TPSA) is 75.7 Å².